The molecule has 0 unspecified atom stereocenters. The van der Waals surface area contributed by atoms with Crippen molar-refractivity contribution < 1.29 is 9.53 Å². The standard InChI is InChI=1S/C11H11N3O2/c1-16-11-4-2-9(3-5-11)6-14-7-10(8-15)12-13-14/h2-5,7-8H,6H2,1H3. The minimum absolute atomic E-state index is 0.341. The maximum atomic E-state index is 10.4. The zero-order valence-corrected chi connectivity index (χ0v) is 8.83. The van der Waals surface area contributed by atoms with Crippen molar-refractivity contribution in [2.24, 2.45) is 0 Å². The third kappa shape index (κ3) is 2.25. The fourth-order valence-electron chi connectivity index (χ4n) is 1.36. The molecule has 1 aromatic carbocycles. The van der Waals surface area contributed by atoms with Crippen LogP contribution < -0.4 is 4.74 Å². The molecule has 0 spiro atoms. The highest BCUT2D eigenvalue weighted by molar-refractivity contribution is 5.70. The monoisotopic (exact) mass is 217 g/mol. The lowest BCUT2D eigenvalue weighted by Gasteiger charge is -2.02. The molecule has 0 N–H and O–H groups in total. The Labute approximate surface area is 92.7 Å². The van der Waals surface area contributed by atoms with Crippen molar-refractivity contribution in [1.82, 2.24) is 15.0 Å². The quantitative estimate of drug-likeness (QED) is 0.721. The summed E-state index contributed by atoms with van der Waals surface area (Å²) in [6, 6.07) is 7.65. The topological polar surface area (TPSA) is 57.0 Å². The second-order valence-electron chi connectivity index (χ2n) is 3.31. The van der Waals surface area contributed by atoms with Crippen molar-refractivity contribution in [2.45, 2.75) is 6.54 Å². The van der Waals surface area contributed by atoms with Crippen molar-refractivity contribution >= 4 is 6.29 Å². The lowest BCUT2D eigenvalue weighted by Crippen LogP contribution is -2.00. The van der Waals surface area contributed by atoms with Crippen molar-refractivity contribution in [1.29, 1.82) is 0 Å². The molecule has 0 atom stereocenters. The molecule has 0 aliphatic rings. The van der Waals surface area contributed by atoms with Gasteiger partial charge in [-0.25, -0.2) is 4.68 Å². The highest BCUT2D eigenvalue weighted by Crippen LogP contribution is 2.11. The van der Waals surface area contributed by atoms with Crippen LogP contribution in [0.15, 0.2) is 30.5 Å². The largest absolute Gasteiger partial charge is 0.497 e. The third-order valence-corrected chi connectivity index (χ3v) is 2.18. The first-order valence-corrected chi connectivity index (χ1v) is 4.80. The van der Waals surface area contributed by atoms with Gasteiger partial charge in [0.2, 0.25) is 0 Å². The van der Waals surface area contributed by atoms with E-state index >= 15 is 0 Å². The number of hydrogen-bond acceptors (Lipinski definition) is 4. The molecule has 5 heteroatoms. The van der Waals surface area contributed by atoms with Crippen LogP contribution in [0.25, 0.3) is 0 Å². The van der Waals surface area contributed by atoms with E-state index in [-0.39, 0.29) is 0 Å². The molecule has 0 bridgehead atoms. The molecule has 5 nitrogen and oxygen atoms in total. The zero-order chi connectivity index (χ0) is 11.4. The number of ether oxygens (including phenoxy) is 1. The molecule has 0 aliphatic carbocycles. The summed E-state index contributed by atoms with van der Waals surface area (Å²) in [5.41, 5.74) is 1.41. The molecule has 0 saturated carbocycles. The molecule has 0 aliphatic heterocycles. The summed E-state index contributed by atoms with van der Waals surface area (Å²) in [6.45, 7) is 0.588. The average Bonchev–Trinajstić information content (AvgIpc) is 2.78. The predicted octanol–water partition coefficient (Wildman–Crippen LogP) is 1.15. The number of rotatable bonds is 4. The Morgan fingerprint density at radius 2 is 2.12 bits per heavy atom. The Balaban J connectivity index is 2.10. The van der Waals surface area contributed by atoms with E-state index in [4.69, 9.17) is 4.74 Å². The van der Waals surface area contributed by atoms with Gasteiger partial charge in [0.15, 0.2) is 6.29 Å². The van der Waals surface area contributed by atoms with Gasteiger partial charge in [-0.2, -0.15) is 0 Å². The van der Waals surface area contributed by atoms with Crippen LogP contribution in [0.5, 0.6) is 5.75 Å². The molecule has 0 fully saturated rings. The summed E-state index contributed by atoms with van der Waals surface area (Å²) in [5.74, 6) is 0.816. The minimum Gasteiger partial charge on any atom is -0.497 e. The van der Waals surface area contributed by atoms with E-state index < -0.39 is 0 Å². The van der Waals surface area contributed by atoms with Gasteiger partial charge in [-0.3, -0.25) is 4.79 Å². The van der Waals surface area contributed by atoms with Gasteiger partial charge in [0.05, 0.1) is 19.9 Å². The van der Waals surface area contributed by atoms with Gasteiger partial charge in [-0.1, -0.05) is 17.3 Å². The normalized spacial score (nSPS) is 10.1. The summed E-state index contributed by atoms with van der Waals surface area (Å²) in [5, 5.41) is 7.51. The minimum atomic E-state index is 0.341. The van der Waals surface area contributed by atoms with Crippen LogP contribution in [0.2, 0.25) is 0 Å². The molecular weight excluding hydrogens is 206 g/mol. The van der Waals surface area contributed by atoms with Crippen molar-refractivity contribution in [3.63, 3.8) is 0 Å². The van der Waals surface area contributed by atoms with E-state index in [1.54, 1.807) is 18.0 Å². The Bertz CT molecular complexity index is 476. The fourth-order valence-corrected chi connectivity index (χ4v) is 1.36. The predicted molar refractivity (Wildman–Crippen MR) is 57.5 cm³/mol. The summed E-state index contributed by atoms with van der Waals surface area (Å²) < 4.78 is 6.68. The molecule has 1 heterocycles. The smallest absolute Gasteiger partial charge is 0.171 e. The van der Waals surface area contributed by atoms with Gasteiger partial charge < -0.3 is 4.74 Å². The maximum absolute atomic E-state index is 10.4. The van der Waals surface area contributed by atoms with Gasteiger partial charge in [-0.15, -0.1) is 5.10 Å². The third-order valence-electron chi connectivity index (χ3n) is 2.18. The van der Waals surface area contributed by atoms with E-state index in [9.17, 15) is 4.79 Å². The Morgan fingerprint density at radius 1 is 1.38 bits per heavy atom. The average molecular weight is 217 g/mol. The summed E-state index contributed by atoms with van der Waals surface area (Å²) in [6.07, 6.45) is 2.29. The van der Waals surface area contributed by atoms with E-state index in [0.29, 0.717) is 18.5 Å². The highest BCUT2D eigenvalue weighted by atomic mass is 16.5. The van der Waals surface area contributed by atoms with E-state index in [2.05, 4.69) is 10.3 Å². The number of aromatic nitrogens is 3. The Kier molecular flexibility index (Phi) is 2.95. The molecule has 1 aromatic heterocycles. The number of carbonyl (C=O) groups is 1. The second kappa shape index (κ2) is 4.57. The molecule has 16 heavy (non-hydrogen) atoms. The van der Waals surface area contributed by atoms with Crippen molar-refractivity contribution in [3.05, 3.63) is 41.7 Å². The Hall–Kier alpha value is -2.17. The maximum Gasteiger partial charge on any atom is 0.171 e. The molecule has 0 saturated heterocycles. The van der Waals surface area contributed by atoms with Crippen LogP contribution in [0.4, 0.5) is 0 Å². The van der Waals surface area contributed by atoms with Crippen molar-refractivity contribution in [3.8, 4) is 5.75 Å². The number of hydrogen-bond donors (Lipinski definition) is 0. The van der Waals surface area contributed by atoms with Crippen LogP contribution in [-0.2, 0) is 6.54 Å². The summed E-state index contributed by atoms with van der Waals surface area (Å²) in [4.78, 5) is 10.4. The zero-order valence-electron chi connectivity index (χ0n) is 8.83. The van der Waals surface area contributed by atoms with Gasteiger partial charge >= 0.3 is 0 Å². The van der Waals surface area contributed by atoms with Gasteiger partial charge in [-0.05, 0) is 17.7 Å². The number of nitrogens with zero attached hydrogens (tertiary/aromatic N) is 3. The van der Waals surface area contributed by atoms with Gasteiger partial charge in [0.25, 0.3) is 0 Å². The van der Waals surface area contributed by atoms with Crippen LogP contribution in [0.1, 0.15) is 16.1 Å². The summed E-state index contributed by atoms with van der Waals surface area (Å²) in [7, 11) is 1.63. The van der Waals surface area contributed by atoms with Gasteiger partial charge in [0.1, 0.15) is 11.4 Å². The summed E-state index contributed by atoms with van der Waals surface area (Å²) >= 11 is 0. The highest BCUT2D eigenvalue weighted by Gasteiger charge is 2.00. The Morgan fingerprint density at radius 3 is 2.69 bits per heavy atom. The number of methoxy groups -OCH3 is 1. The number of aldehydes is 1. The van der Waals surface area contributed by atoms with Crippen molar-refractivity contribution in [2.75, 3.05) is 7.11 Å². The van der Waals surface area contributed by atoms with Gasteiger partial charge in [0, 0.05) is 0 Å². The SMILES string of the molecule is COc1ccc(Cn2cc(C=O)nn2)cc1. The molecule has 0 amide bonds. The number of carbonyl (C=O) groups excluding carboxylic acids is 1. The lowest BCUT2D eigenvalue weighted by molar-refractivity contribution is 0.111. The number of benzene rings is 1. The van der Waals surface area contributed by atoms with Crippen LogP contribution in [0, 0.1) is 0 Å². The first-order valence-electron chi connectivity index (χ1n) is 4.80. The molecule has 2 aromatic rings. The van der Waals surface area contributed by atoms with Crippen LogP contribution >= 0.6 is 0 Å². The molecule has 0 radical (unpaired) electrons. The second-order valence-corrected chi connectivity index (χ2v) is 3.31. The molecule has 2 rings (SSSR count). The van der Waals surface area contributed by atoms with Crippen LogP contribution in [0.3, 0.4) is 0 Å². The first kappa shape index (κ1) is 10.4. The van der Waals surface area contributed by atoms with E-state index in [1.807, 2.05) is 24.3 Å². The lowest BCUT2D eigenvalue weighted by atomic mass is 10.2. The van der Waals surface area contributed by atoms with E-state index in [1.165, 1.54) is 0 Å². The van der Waals surface area contributed by atoms with Crippen LogP contribution in [-0.4, -0.2) is 28.4 Å². The molecular formula is C11H11N3O2. The van der Waals surface area contributed by atoms with E-state index in [0.717, 1.165) is 11.3 Å². The first-order chi connectivity index (χ1) is 7.81. The molecule has 82 valence electrons. The fraction of sp³-hybridized carbons (Fsp3) is 0.182.